The van der Waals surface area contributed by atoms with Crippen molar-refractivity contribution in [2.75, 3.05) is 14.2 Å². The third kappa shape index (κ3) is 3.77. The maximum Gasteiger partial charge on any atom is 0.258 e. The second-order valence-electron chi connectivity index (χ2n) is 6.07. The van der Waals surface area contributed by atoms with Crippen LogP contribution in [0.3, 0.4) is 0 Å². The van der Waals surface area contributed by atoms with Gasteiger partial charge in [-0.1, -0.05) is 42.5 Å². The Morgan fingerprint density at radius 2 is 1.85 bits per heavy atom. The molecule has 5 heteroatoms. The highest BCUT2D eigenvalue weighted by atomic mass is 16.5. The predicted molar refractivity (Wildman–Crippen MR) is 98.6 cm³/mol. The summed E-state index contributed by atoms with van der Waals surface area (Å²) in [6.07, 6.45) is 0.428. The van der Waals surface area contributed by atoms with Crippen LogP contribution in [0.4, 0.5) is 0 Å². The molecule has 134 valence electrons. The molecular weight excluding hydrogens is 330 g/mol. The molecule has 1 unspecified atom stereocenters. The van der Waals surface area contributed by atoms with Crippen molar-refractivity contribution >= 4 is 17.4 Å². The Morgan fingerprint density at radius 1 is 1.15 bits per heavy atom. The highest BCUT2D eigenvalue weighted by molar-refractivity contribution is 6.24. The summed E-state index contributed by atoms with van der Waals surface area (Å²) < 4.78 is 11.3. The summed E-state index contributed by atoms with van der Waals surface area (Å²) in [6.45, 7) is 0. The van der Waals surface area contributed by atoms with Gasteiger partial charge in [0.2, 0.25) is 0 Å². The molecule has 1 amide bonds. The lowest BCUT2D eigenvalue weighted by molar-refractivity contribution is -0.124. The summed E-state index contributed by atoms with van der Waals surface area (Å²) >= 11 is 0. The molecule has 0 bridgehead atoms. The Bertz CT molecular complexity index is 825. The number of nitrogens with one attached hydrogen (secondary N) is 1. The zero-order valence-corrected chi connectivity index (χ0v) is 14.8. The average molecular weight is 351 g/mol. The van der Waals surface area contributed by atoms with Crippen molar-refractivity contribution in [3.63, 3.8) is 0 Å². The van der Waals surface area contributed by atoms with Gasteiger partial charge >= 0.3 is 0 Å². The van der Waals surface area contributed by atoms with E-state index in [1.54, 1.807) is 7.11 Å². The monoisotopic (exact) mass is 351 g/mol. The Balaban J connectivity index is 1.89. The fraction of sp³-hybridized carbons (Fsp3) is 0.238. The maximum atomic E-state index is 12.7. The number of Topliss-reactive ketones (excluding diaryl/α,β-unsaturated/α-hetero) is 1. The molecule has 0 saturated carbocycles. The van der Waals surface area contributed by atoms with Gasteiger partial charge in [-0.05, 0) is 17.7 Å². The Hall–Kier alpha value is -3.08. The standard InChI is InChI=1S/C21H21NO4/c1-22-21(24)19-18(23)13-17(12-14-8-10-16(25-2)11-9-14)26-20(19)15-6-4-3-5-7-15/h3-11,17H,12-13H2,1-2H3,(H,22,24). The lowest BCUT2D eigenvalue weighted by Crippen LogP contribution is -2.34. The van der Waals surface area contributed by atoms with E-state index in [-0.39, 0.29) is 23.9 Å². The summed E-state index contributed by atoms with van der Waals surface area (Å²) in [7, 11) is 3.13. The van der Waals surface area contributed by atoms with Crippen LogP contribution in [0.25, 0.3) is 5.76 Å². The van der Waals surface area contributed by atoms with Crippen LogP contribution in [0.5, 0.6) is 5.75 Å². The largest absolute Gasteiger partial charge is 0.497 e. The van der Waals surface area contributed by atoms with E-state index < -0.39 is 5.91 Å². The quantitative estimate of drug-likeness (QED) is 0.842. The zero-order valence-electron chi connectivity index (χ0n) is 14.8. The molecule has 0 radical (unpaired) electrons. The van der Waals surface area contributed by atoms with Crippen LogP contribution in [-0.4, -0.2) is 32.0 Å². The number of benzene rings is 2. The van der Waals surface area contributed by atoms with Crippen molar-refractivity contribution in [3.8, 4) is 5.75 Å². The van der Waals surface area contributed by atoms with E-state index >= 15 is 0 Å². The van der Waals surface area contributed by atoms with E-state index in [1.165, 1.54) is 7.05 Å². The molecule has 1 atom stereocenters. The summed E-state index contributed by atoms with van der Waals surface area (Å²) in [5.41, 5.74) is 1.85. The molecule has 1 aliphatic rings. The van der Waals surface area contributed by atoms with Gasteiger partial charge in [0.05, 0.1) is 7.11 Å². The van der Waals surface area contributed by atoms with Gasteiger partial charge in [-0.15, -0.1) is 0 Å². The van der Waals surface area contributed by atoms with Crippen molar-refractivity contribution in [2.45, 2.75) is 18.9 Å². The van der Waals surface area contributed by atoms with Gasteiger partial charge in [0.15, 0.2) is 5.78 Å². The molecule has 0 spiro atoms. The smallest absolute Gasteiger partial charge is 0.258 e. The summed E-state index contributed by atoms with van der Waals surface area (Å²) in [5.74, 6) is 0.505. The number of likely N-dealkylation sites (N-methyl/N-ethyl adjacent to an activating group) is 1. The van der Waals surface area contributed by atoms with Crippen LogP contribution in [0.2, 0.25) is 0 Å². The fourth-order valence-electron chi connectivity index (χ4n) is 3.00. The fourth-order valence-corrected chi connectivity index (χ4v) is 3.00. The molecule has 0 aromatic heterocycles. The van der Waals surface area contributed by atoms with E-state index in [9.17, 15) is 9.59 Å². The van der Waals surface area contributed by atoms with Gasteiger partial charge in [0.1, 0.15) is 23.2 Å². The Kier molecular flexibility index (Phi) is 5.37. The number of hydrogen-bond donors (Lipinski definition) is 1. The minimum absolute atomic E-state index is 0.0877. The number of ether oxygens (including phenoxy) is 2. The number of amides is 1. The van der Waals surface area contributed by atoms with Crippen LogP contribution in [0.1, 0.15) is 17.5 Å². The van der Waals surface area contributed by atoms with Crippen molar-refractivity contribution in [2.24, 2.45) is 0 Å². The van der Waals surface area contributed by atoms with Gasteiger partial charge in [-0.3, -0.25) is 9.59 Å². The molecule has 0 aliphatic carbocycles. The van der Waals surface area contributed by atoms with Crippen LogP contribution in [-0.2, 0) is 20.7 Å². The lowest BCUT2D eigenvalue weighted by Gasteiger charge is -2.27. The topological polar surface area (TPSA) is 64.6 Å². The number of hydrogen-bond acceptors (Lipinski definition) is 4. The van der Waals surface area contributed by atoms with Gasteiger partial charge in [0, 0.05) is 25.5 Å². The lowest BCUT2D eigenvalue weighted by atomic mass is 9.94. The first-order chi connectivity index (χ1) is 12.6. The number of carbonyl (C=O) groups is 2. The van der Waals surface area contributed by atoms with Crippen LogP contribution in [0, 0.1) is 0 Å². The predicted octanol–water partition coefficient (Wildman–Crippen LogP) is 2.75. The van der Waals surface area contributed by atoms with E-state index in [0.29, 0.717) is 12.2 Å². The van der Waals surface area contributed by atoms with Crippen molar-refractivity contribution in [1.82, 2.24) is 5.32 Å². The summed E-state index contributed by atoms with van der Waals surface area (Å²) in [6, 6.07) is 16.9. The zero-order chi connectivity index (χ0) is 18.5. The van der Waals surface area contributed by atoms with Gasteiger partial charge in [-0.25, -0.2) is 0 Å². The number of ketones is 1. The van der Waals surface area contributed by atoms with Crippen molar-refractivity contribution in [1.29, 1.82) is 0 Å². The molecule has 2 aromatic rings. The minimum Gasteiger partial charge on any atom is -0.497 e. The number of carbonyl (C=O) groups excluding carboxylic acids is 2. The second kappa shape index (κ2) is 7.87. The molecule has 1 N–H and O–H groups in total. The molecule has 3 rings (SSSR count). The van der Waals surface area contributed by atoms with Gasteiger partial charge < -0.3 is 14.8 Å². The summed E-state index contributed by atoms with van der Waals surface area (Å²) in [4.78, 5) is 24.9. The molecular formula is C21H21NO4. The molecule has 5 nitrogen and oxygen atoms in total. The van der Waals surface area contributed by atoms with Crippen LogP contribution < -0.4 is 10.1 Å². The van der Waals surface area contributed by atoms with Gasteiger partial charge in [0.25, 0.3) is 5.91 Å². The highest BCUT2D eigenvalue weighted by Crippen LogP contribution is 2.31. The van der Waals surface area contributed by atoms with Crippen molar-refractivity contribution in [3.05, 3.63) is 71.3 Å². The average Bonchev–Trinajstić information content (AvgIpc) is 2.68. The summed E-state index contributed by atoms with van der Waals surface area (Å²) in [5, 5.41) is 2.53. The van der Waals surface area contributed by atoms with Crippen molar-refractivity contribution < 1.29 is 19.1 Å². The molecule has 1 heterocycles. The second-order valence-corrected chi connectivity index (χ2v) is 6.07. The third-order valence-electron chi connectivity index (χ3n) is 4.32. The van der Waals surface area contributed by atoms with E-state index in [4.69, 9.17) is 9.47 Å². The van der Waals surface area contributed by atoms with E-state index in [1.807, 2.05) is 54.6 Å². The Labute approximate surface area is 152 Å². The molecule has 2 aromatic carbocycles. The number of methoxy groups -OCH3 is 1. The first-order valence-electron chi connectivity index (χ1n) is 8.47. The van der Waals surface area contributed by atoms with E-state index in [2.05, 4.69) is 5.32 Å². The Morgan fingerprint density at radius 3 is 2.46 bits per heavy atom. The van der Waals surface area contributed by atoms with Crippen LogP contribution >= 0.6 is 0 Å². The SMILES string of the molecule is CNC(=O)C1=C(c2ccccc2)OC(Cc2ccc(OC)cc2)CC1=O. The maximum absolute atomic E-state index is 12.7. The third-order valence-corrected chi connectivity index (χ3v) is 4.32. The molecule has 0 fully saturated rings. The first-order valence-corrected chi connectivity index (χ1v) is 8.47. The number of rotatable bonds is 5. The minimum atomic E-state index is -0.420. The molecule has 26 heavy (non-hydrogen) atoms. The highest BCUT2D eigenvalue weighted by Gasteiger charge is 2.33. The molecule has 1 aliphatic heterocycles. The molecule has 0 saturated heterocycles. The normalized spacial score (nSPS) is 16.8. The van der Waals surface area contributed by atoms with E-state index in [0.717, 1.165) is 16.9 Å². The first kappa shape index (κ1) is 17.7. The van der Waals surface area contributed by atoms with Crippen LogP contribution in [0.15, 0.2) is 60.2 Å². The van der Waals surface area contributed by atoms with Gasteiger partial charge in [-0.2, -0.15) is 0 Å².